The summed E-state index contributed by atoms with van der Waals surface area (Å²) in [5.41, 5.74) is 0.221. The molecule has 0 aliphatic carbocycles. The van der Waals surface area contributed by atoms with E-state index in [1.54, 1.807) is 0 Å². The molecule has 13 heavy (non-hydrogen) atoms. The first kappa shape index (κ1) is 10.3. The van der Waals surface area contributed by atoms with E-state index in [-0.39, 0.29) is 10.7 Å². The van der Waals surface area contributed by atoms with E-state index in [2.05, 4.69) is 0 Å². The van der Waals surface area contributed by atoms with Crippen LogP contribution in [0.1, 0.15) is 6.92 Å². The van der Waals surface area contributed by atoms with Gasteiger partial charge in [-0.3, -0.25) is 10.0 Å². The standard InChI is InChI=1S/C8H7Cl2NO2/c1-5(12)11(13)8-3-2-6(9)4-7(8)10/h2-4,13H,1H3. The van der Waals surface area contributed by atoms with Crippen LogP contribution in [0.4, 0.5) is 5.69 Å². The molecule has 1 aromatic carbocycles. The van der Waals surface area contributed by atoms with Crippen LogP contribution in [0.25, 0.3) is 0 Å². The molecule has 0 bridgehead atoms. The first-order chi connectivity index (χ1) is 6.02. The van der Waals surface area contributed by atoms with E-state index in [4.69, 9.17) is 23.2 Å². The predicted molar refractivity (Wildman–Crippen MR) is 51.4 cm³/mol. The van der Waals surface area contributed by atoms with Gasteiger partial charge in [-0.25, -0.2) is 0 Å². The molecule has 0 radical (unpaired) electrons. The van der Waals surface area contributed by atoms with Gasteiger partial charge < -0.3 is 0 Å². The largest absolute Gasteiger partial charge is 0.281 e. The molecule has 0 aliphatic heterocycles. The van der Waals surface area contributed by atoms with E-state index >= 15 is 0 Å². The summed E-state index contributed by atoms with van der Waals surface area (Å²) in [6.07, 6.45) is 0. The summed E-state index contributed by atoms with van der Waals surface area (Å²) in [6, 6.07) is 4.45. The van der Waals surface area contributed by atoms with Gasteiger partial charge in [0.25, 0.3) is 0 Å². The van der Waals surface area contributed by atoms with Gasteiger partial charge in [-0.15, -0.1) is 0 Å². The van der Waals surface area contributed by atoms with Crippen molar-refractivity contribution in [3.8, 4) is 0 Å². The number of amides is 1. The van der Waals surface area contributed by atoms with Crippen molar-refractivity contribution >= 4 is 34.8 Å². The lowest BCUT2D eigenvalue weighted by Gasteiger charge is -2.13. The number of rotatable bonds is 1. The zero-order valence-corrected chi connectivity index (χ0v) is 8.30. The highest BCUT2D eigenvalue weighted by Crippen LogP contribution is 2.27. The van der Waals surface area contributed by atoms with Gasteiger partial charge in [0.2, 0.25) is 5.91 Å². The lowest BCUT2D eigenvalue weighted by Crippen LogP contribution is -2.23. The maximum atomic E-state index is 10.8. The van der Waals surface area contributed by atoms with Crippen molar-refractivity contribution in [1.29, 1.82) is 0 Å². The molecule has 1 N–H and O–H groups in total. The van der Waals surface area contributed by atoms with Crippen molar-refractivity contribution in [1.82, 2.24) is 0 Å². The molecule has 0 fully saturated rings. The van der Waals surface area contributed by atoms with Crippen LogP contribution in [0.3, 0.4) is 0 Å². The third-order valence-corrected chi connectivity index (χ3v) is 1.97. The van der Waals surface area contributed by atoms with Crippen LogP contribution in [0.2, 0.25) is 10.0 Å². The molecule has 1 rings (SSSR count). The third-order valence-electron chi connectivity index (χ3n) is 1.44. The van der Waals surface area contributed by atoms with Crippen LogP contribution in [-0.4, -0.2) is 11.1 Å². The molecule has 0 atom stereocenters. The van der Waals surface area contributed by atoms with Crippen LogP contribution in [0.5, 0.6) is 0 Å². The molecule has 0 spiro atoms. The van der Waals surface area contributed by atoms with Gasteiger partial charge in [0, 0.05) is 11.9 Å². The summed E-state index contributed by atoms with van der Waals surface area (Å²) in [4.78, 5) is 10.8. The van der Waals surface area contributed by atoms with Crippen molar-refractivity contribution < 1.29 is 10.0 Å². The Labute approximate surface area is 85.4 Å². The molecule has 0 saturated heterocycles. The normalized spacial score (nSPS) is 9.85. The number of halogens is 2. The number of hydroxylamine groups is 1. The SMILES string of the molecule is CC(=O)N(O)c1ccc(Cl)cc1Cl. The first-order valence-electron chi connectivity index (χ1n) is 3.47. The van der Waals surface area contributed by atoms with Crippen LogP contribution in [-0.2, 0) is 4.79 Å². The van der Waals surface area contributed by atoms with Gasteiger partial charge in [-0.2, -0.15) is 5.06 Å². The lowest BCUT2D eigenvalue weighted by molar-refractivity contribution is -0.121. The topological polar surface area (TPSA) is 40.5 Å². The van der Waals surface area contributed by atoms with E-state index in [9.17, 15) is 10.0 Å². The minimum Gasteiger partial charge on any atom is -0.281 e. The number of anilines is 1. The van der Waals surface area contributed by atoms with Gasteiger partial charge in [0.05, 0.1) is 10.7 Å². The Balaban J connectivity index is 3.08. The molecule has 0 saturated carbocycles. The van der Waals surface area contributed by atoms with Crippen molar-refractivity contribution in [3.63, 3.8) is 0 Å². The fourth-order valence-electron chi connectivity index (χ4n) is 0.823. The molecule has 70 valence electrons. The number of hydrogen-bond donors (Lipinski definition) is 1. The molecule has 0 unspecified atom stereocenters. The smallest absolute Gasteiger partial charge is 0.247 e. The molecular formula is C8H7Cl2NO2. The second-order valence-electron chi connectivity index (χ2n) is 2.43. The van der Waals surface area contributed by atoms with Crippen LogP contribution < -0.4 is 5.06 Å². The van der Waals surface area contributed by atoms with Gasteiger partial charge in [0.15, 0.2) is 0 Å². The molecule has 1 aromatic rings. The molecule has 0 aromatic heterocycles. The highest BCUT2D eigenvalue weighted by molar-refractivity contribution is 6.36. The monoisotopic (exact) mass is 219 g/mol. The zero-order valence-electron chi connectivity index (χ0n) is 6.79. The van der Waals surface area contributed by atoms with Crippen molar-refractivity contribution in [3.05, 3.63) is 28.2 Å². The summed E-state index contributed by atoms with van der Waals surface area (Å²) in [7, 11) is 0. The van der Waals surface area contributed by atoms with Crippen molar-refractivity contribution in [2.75, 3.05) is 5.06 Å². The summed E-state index contributed by atoms with van der Waals surface area (Å²) >= 11 is 11.4. The number of hydrogen-bond acceptors (Lipinski definition) is 2. The Morgan fingerprint density at radius 2 is 2.08 bits per heavy atom. The molecule has 0 aliphatic rings. The van der Waals surface area contributed by atoms with E-state index < -0.39 is 5.91 Å². The van der Waals surface area contributed by atoms with Gasteiger partial charge in [0.1, 0.15) is 0 Å². The number of benzene rings is 1. The third kappa shape index (κ3) is 2.34. The zero-order chi connectivity index (χ0) is 10.0. The van der Waals surface area contributed by atoms with E-state index in [1.165, 1.54) is 25.1 Å². The molecule has 3 nitrogen and oxygen atoms in total. The van der Waals surface area contributed by atoms with Crippen LogP contribution >= 0.6 is 23.2 Å². The average Bonchev–Trinajstić information content (AvgIpc) is 2.03. The van der Waals surface area contributed by atoms with Gasteiger partial charge in [-0.05, 0) is 18.2 Å². The van der Waals surface area contributed by atoms with Gasteiger partial charge >= 0.3 is 0 Å². The number of nitrogens with zero attached hydrogens (tertiary/aromatic N) is 1. The average molecular weight is 220 g/mol. The van der Waals surface area contributed by atoms with E-state index in [0.717, 1.165) is 0 Å². The number of carbonyl (C=O) groups excluding carboxylic acids is 1. The van der Waals surface area contributed by atoms with Crippen molar-refractivity contribution in [2.45, 2.75) is 6.92 Å². The summed E-state index contributed by atoms with van der Waals surface area (Å²) in [5, 5.41) is 10.4. The second kappa shape index (κ2) is 3.96. The fourth-order valence-corrected chi connectivity index (χ4v) is 1.31. The van der Waals surface area contributed by atoms with E-state index in [1.807, 2.05) is 0 Å². The Morgan fingerprint density at radius 3 is 2.54 bits per heavy atom. The summed E-state index contributed by atoms with van der Waals surface area (Å²) < 4.78 is 0. The Kier molecular flexibility index (Phi) is 3.14. The minimum absolute atomic E-state index is 0.221. The molecule has 5 heteroatoms. The highest BCUT2D eigenvalue weighted by atomic mass is 35.5. The predicted octanol–water partition coefficient (Wildman–Crippen LogP) is 2.74. The quantitative estimate of drug-likeness (QED) is 0.583. The van der Waals surface area contributed by atoms with Gasteiger partial charge in [-0.1, -0.05) is 23.2 Å². The maximum Gasteiger partial charge on any atom is 0.247 e. The van der Waals surface area contributed by atoms with E-state index in [0.29, 0.717) is 10.1 Å². The summed E-state index contributed by atoms with van der Waals surface area (Å²) in [6.45, 7) is 1.23. The Bertz CT molecular complexity index is 341. The molecular weight excluding hydrogens is 213 g/mol. The van der Waals surface area contributed by atoms with Crippen molar-refractivity contribution in [2.24, 2.45) is 0 Å². The fraction of sp³-hybridized carbons (Fsp3) is 0.125. The second-order valence-corrected chi connectivity index (χ2v) is 3.27. The maximum absolute atomic E-state index is 10.8. The number of carbonyl (C=O) groups is 1. The Hall–Kier alpha value is -0.770. The Morgan fingerprint density at radius 1 is 1.46 bits per heavy atom. The lowest BCUT2D eigenvalue weighted by atomic mass is 10.3. The summed E-state index contributed by atoms with van der Waals surface area (Å²) in [5.74, 6) is -0.510. The minimum atomic E-state index is -0.510. The highest BCUT2D eigenvalue weighted by Gasteiger charge is 2.11. The molecule has 0 heterocycles. The van der Waals surface area contributed by atoms with Crippen LogP contribution in [0, 0.1) is 0 Å². The van der Waals surface area contributed by atoms with Crippen LogP contribution in [0.15, 0.2) is 18.2 Å². The molecule has 1 amide bonds. The first-order valence-corrected chi connectivity index (χ1v) is 4.22.